The average Bonchev–Trinajstić information content (AvgIpc) is 2.64. The Labute approximate surface area is 163 Å². The van der Waals surface area contributed by atoms with Crippen LogP contribution in [0.2, 0.25) is 5.02 Å². The van der Waals surface area contributed by atoms with Gasteiger partial charge >= 0.3 is 0 Å². The molecule has 0 aromatic heterocycles. The Kier molecular flexibility index (Phi) is 5.76. The fourth-order valence-electron chi connectivity index (χ4n) is 3.28. The maximum Gasteiger partial charge on any atom is 0.249 e. The highest BCUT2D eigenvalue weighted by Crippen LogP contribution is 2.26. The summed E-state index contributed by atoms with van der Waals surface area (Å²) in [5.74, 6) is -0.355. The van der Waals surface area contributed by atoms with Crippen molar-refractivity contribution in [1.82, 2.24) is 10.2 Å². The molecule has 2 aliphatic rings. The lowest BCUT2D eigenvalue weighted by molar-refractivity contribution is -0.133. The number of rotatable bonds is 4. The first-order valence-corrected chi connectivity index (χ1v) is 10.9. The van der Waals surface area contributed by atoms with E-state index < -0.39 is 9.84 Å². The molecule has 1 fully saturated rings. The van der Waals surface area contributed by atoms with Crippen LogP contribution in [0.25, 0.3) is 0 Å². The number of benzene rings is 1. The molecule has 0 atom stereocenters. The lowest BCUT2D eigenvalue weighted by Gasteiger charge is -2.31. The summed E-state index contributed by atoms with van der Waals surface area (Å²) < 4.78 is 23.0. The van der Waals surface area contributed by atoms with Crippen LogP contribution in [0.5, 0.6) is 0 Å². The van der Waals surface area contributed by atoms with Gasteiger partial charge in [0.2, 0.25) is 11.8 Å². The lowest BCUT2D eigenvalue weighted by Crippen LogP contribution is -2.46. The van der Waals surface area contributed by atoms with E-state index in [0.29, 0.717) is 29.9 Å². The fourth-order valence-corrected chi connectivity index (χ4v) is 4.94. The first-order chi connectivity index (χ1) is 12.7. The molecule has 0 saturated carbocycles. The number of nitrogens with one attached hydrogen (secondary N) is 2. The Morgan fingerprint density at radius 1 is 1.30 bits per heavy atom. The highest BCUT2D eigenvalue weighted by atomic mass is 35.5. The highest BCUT2D eigenvalue weighted by molar-refractivity contribution is 7.91. The molecule has 2 aliphatic heterocycles. The van der Waals surface area contributed by atoms with Gasteiger partial charge in [-0.3, -0.25) is 9.59 Å². The summed E-state index contributed by atoms with van der Waals surface area (Å²) in [5.41, 5.74) is 2.34. The third kappa shape index (κ3) is 4.81. The van der Waals surface area contributed by atoms with Crippen LogP contribution in [0, 0.1) is 0 Å². The van der Waals surface area contributed by atoms with Crippen LogP contribution in [-0.2, 0) is 25.8 Å². The molecule has 3 rings (SSSR count). The van der Waals surface area contributed by atoms with E-state index in [-0.39, 0.29) is 35.9 Å². The third-order valence-electron chi connectivity index (χ3n) is 5.01. The van der Waals surface area contributed by atoms with Crippen molar-refractivity contribution in [1.29, 1.82) is 0 Å². The number of amides is 2. The van der Waals surface area contributed by atoms with Gasteiger partial charge in [0.15, 0.2) is 0 Å². The van der Waals surface area contributed by atoms with Crippen LogP contribution >= 0.6 is 11.6 Å². The summed E-state index contributed by atoms with van der Waals surface area (Å²) in [5, 5.41) is 6.30. The molecule has 27 heavy (non-hydrogen) atoms. The molecule has 0 unspecified atom stereocenters. The molecule has 2 N–H and O–H groups in total. The Morgan fingerprint density at radius 2 is 2.00 bits per heavy atom. The molecular weight excluding hydrogens is 390 g/mol. The molecule has 1 saturated heterocycles. The van der Waals surface area contributed by atoms with E-state index in [1.165, 1.54) is 4.90 Å². The number of sulfone groups is 1. The first-order valence-electron chi connectivity index (χ1n) is 8.73. The summed E-state index contributed by atoms with van der Waals surface area (Å²) in [6.45, 7) is -0.127. The number of anilines is 1. The normalized spacial score (nSPS) is 18.7. The average molecular weight is 412 g/mol. The third-order valence-corrected chi connectivity index (χ3v) is 6.96. The van der Waals surface area contributed by atoms with E-state index in [1.807, 2.05) is 6.07 Å². The van der Waals surface area contributed by atoms with Gasteiger partial charge in [-0.05, 0) is 36.6 Å². The molecule has 0 spiro atoms. The fraction of sp³-hybridized carbons (Fsp3) is 0.444. The molecular formula is C18H22ClN3O4S. The molecule has 2 amide bonds. The predicted octanol–water partition coefficient (Wildman–Crippen LogP) is 1.34. The minimum atomic E-state index is -2.97. The van der Waals surface area contributed by atoms with Crippen molar-refractivity contribution >= 4 is 38.9 Å². The zero-order valence-corrected chi connectivity index (χ0v) is 16.6. The largest absolute Gasteiger partial charge is 0.361 e. The van der Waals surface area contributed by atoms with Crippen molar-refractivity contribution in [2.45, 2.75) is 25.3 Å². The molecule has 2 heterocycles. The van der Waals surface area contributed by atoms with Gasteiger partial charge in [-0.15, -0.1) is 0 Å². The second-order valence-corrected chi connectivity index (χ2v) is 9.60. The quantitative estimate of drug-likeness (QED) is 0.779. The smallest absolute Gasteiger partial charge is 0.249 e. The number of nitrogens with zero attached hydrogens (tertiary/aromatic N) is 1. The van der Waals surface area contributed by atoms with Crippen molar-refractivity contribution in [2.24, 2.45) is 0 Å². The van der Waals surface area contributed by atoms with Gasteiger partial charge in [0.1, 0.15) is 9.84 Å². The molecule has 0 bridgehead atoms. The van der Waals surface area contributed by atoms with Crippen LogP contribution in [0.4, 0.5) is 5.69 Å². The SMILES string of the molecule is CN(C(=O)CNC(=O)C1=CNc2ccc(Cl)cc2C1)C1CCS(=O)(=O)CC1. The van der Waals surface area contributed by atoms with Crippen molar-refractivity contribution in [3.05, 3.63) is 40.6 Å². The molecule has 1 aromatic rings. The van der Waals surface area contributed by atoms with Gasteiger partial charge in [0, 0.05) is 42.0 Å². The van der Waals surface area contributed by atoms with Gasteiger partial charge in [0.05, 0.1) is 18.1 Å². The van der Waals surface area contributed by atoms with Gasteiger partial charge in [-0.2, -0.15) is 0 Å². The molecule has 0 aliphatic carbocycles. The van der Waals surface area contributed by atoms with E-state index in [4.69, 9.17) is 11.6 Å². The summed E-state index contributed by atoms with van der Waals surface area (Å²) in [6, 6.07) is 5.32. The second kappa shape index (κ2) is 7.90. The van der Waals surface area contributed by atoms with Crippen molar-refractivity contribution in [3.63, 3.8) is 0 Å². The van der Waals surface area contributed by atoms with Crippen LogP contribution < -0.4 is 10.6 Å². The van der Waals surface area contributed by atoms with Crippen LogP contribution in [0.3, 0.4) is 0 Å². The molecule has 1 aromatic carbocycles. The van der Waals surface area contributed by atoms with Crippen molar-refractivity contribution in [2.75, 3.05) is 30.4 Å². The number of hydrogen-bond acceptors (Lipinski definition) is 5. The molecule has 146 valence electrons. The van der Waals surface area contributed by atoms with Gasteiger partial charge in [-0.25, -0.2) is 8.42 Å². The van der Waals surface area contributed by atoms with Crippen molar-refractivity contribution < 1.29 is 18.0 Å². The second-order valence-electron chi connectivity index (χ2n) is 6.86. The van der Waals surface area contributed by atoms with Gasteiger partial charge in [0.25, 0.3) is 0 Å². The monoisotopic (exact) mass is 411 g/mol. The van der Waals surface area contributed by atoms with Crippen LogP contribution in [0.1, 0.15) is 18.4 Å². The van der Waals surface area contributed by atoms with Gasteiger partial charge < -0.3 is 15.5 Å². The Morgan fingerprint density at radius 3 is 2.70 bits per heavy atom. The summed E-state index contributed by atoms with van der Waals surface area (Å²) in [4.78, 5) is 26.3. The predicted molar refractivity (Wildman–Crippen MR) is 104 cm³/mol. The number of likely N-dealkylation sites (N-methyl/N-ethyl adjacent to an activating group) is 1. The minimum Gasteiger partial charge on any atom is -0.361 e. The zero-order valence-electron chi connectivity index (χ0n) is 15.0. The molecule has 9 heteroatoms. The number of carbonyl (C=O) groups excluding carboxylic acids is 2. The molecule has 7 nitrogen and oxygen atoms in total. The Hall–Kier alpha value is -2.06. The van der Waals surface area contributed by atoms with E-state index in [2.05, 4.69) is 10.6 Å². The summed E-state index contributed by atoms with van der Waals surface area (Å²) in [6.07, 6.45) is 2.93. The maximum atomic E-state index is 12.4. The molecule has 0 radical (unpaired) electrons. The standard InChI is InChI=1S/C18H22ClN3O4S/c1-22(15-4-6-27(25,26)7-5-15)17(23)11-21-18(24)13-8-12-9-14(19)2-3-16(12)20-10-13/h2-3,9-10,15,20H,4-8,11H2,1H3,(H,21,24). The number of halogens is 1. The highest BCUT2D eigenvalue weighted by Gasteiger charge is 2.28. The van der Waals surface area contributed by atoms with Gasteiger partial charge in [-0.1, -0.05) is 11.6 Å². The van der Waals surface area contributed by atoms with E-state index in [1.54, 1.807) is 25.4 Å². The van der Waals surface area contributed by atoms with Crippen LogP contribution in [0.15, 0.2) is 30.0 Å². The number of hydrogen-bond donors (Lipinski definition) is 2. The zero-order chi connectivity index (χ0) is 19.6. The summed E-state index contributed by atoms with van der Waals surface area (Å²) >= 11 is 6.00. The maximum absolute atomic E-state index is 12.4. The lowest BCUT2D eigenvalue weighted by atomic mass is 10.0. The summed E-state index contributed by atoms with van der Waals surface area (Å²) in [7, 11) is -1.32. The van der Waals surface area contributed by atoms with Crippen LogP contribution in [-0.4, -0.2) is 56.3 Å². The van der Waals surface area contributed by atoms with Crippen molar-refractivity contribution in [3.8, 4) is 0 Å². The van der Waals surface area contributed by atoms with E-state index in [9.17, 15) is 18.0 Å². The number of carbonyl (C=O) groups is 2. The Bertz CT molecular complexity index is 884. The minimum absolute atomic E-state index is 0.0994. The first kappa shape index (κ1) is 19.7. The van der Waals surface area contributed by atoms with E-state index >= 15 is 0 Å². The Balaban J connectivity index is 1.52. The van der Waals surface area contributed by atoms with E-state index in [0.717, 1.165) is 11.3 Å². The topological polar surface area (TPSA) is 95.6 Å². The number of fused-ring (bicyclic) bond motifs is 1.